The van der Waals surface area contributed by atoms with Crippen molar-refractivity contribution in [2.24, 2.45) is 11.7 Å². The fourth-order valence-corrected chi connectivity index (χ4v) is 9.93. The topological polar surface area (TPSA) is 151 Å². The molecule has 2 aliphatic carbocycles. The van der Waals surface area contributed by atoms with Crippen molar-refractivity contribution in [2.45, 2.75) is 37.0 Å². The molecule has 12 nitrogen and oxygen atoms in total. The number of amides is 2. The number of nitrogens with one attached hydrogen (secondary N) is 2. The minimum Gasteiger partial charge on any atom is -0.368 e. The summed E-state index contributed by atoms with van der Waals surface area (Å²) in [6, 6.07) is 14.4. The number of carbonyl (C=O) groups excluding carboxylic acids is 2. The molecular formula is C45H34F8N10O2S. The van der Waals surface area contributed by atoms with Crippen LogP contribution in [-0.4, -0.2) is 67.7 Å². The van der Waals surface area contributed by atoms with Gasteiger partial charge in [0.2, 0.25) is 5.91 Å². The van der Waals surface area contributed by atoms with E-state index in [9.17, 15) is 35.9 Å². The standard InChI is InChI=1S/C45H34F8N10O2S/c46-25-15-22(16-26(47)19-25)17-33(57-35(64)21-63-39-36(38(60-63)45(51,52)53)28-6-7-31(28)44(39,49)50)37-29(24-3-8-32(48)30(18-24)40(54)65)20-34-42(58-37)59-43(66-34)62-13-11-61(12-14-62)27-4-1-23(2-5-27)41-55-9-10-56-41/h1-10,15-16,18-20,28,31,33H,11-14,17,21H2,(H2,54,65)(H,55,56)(H,57,64)/t28-,31+,33-/m0/s1. The number of hydrogen-bond donors (Lipinski definition) is 3. The SMILES string of the molecule is NC(=O)c1cc(-c2cc3sc(N4CCN(c5ccc(-c6ncc[nH]6)cc5)CC4)nc3nc2[C@H](Cc2cc(F)cc(F)c2)NC(=O)Cn2nc(C(F)(F)F)c3c2C(F)(F)[C@@H]2C=C[C@H]32)ccc1F. The molecule has 21 heteroatoms. The van der Waals surface area contributed by atoms with Crippen molar-refractivity contribution in [1.82, 2.24) is 35.0 Å². The predicted octanol–water partition coefficient (Wildman–Crippen LogP) is 8.28. The Morgan fingerprint density at radius 1 is 0.909 bits per heavy atom. The van der Waals surface area contributed by atoms with Crippen molar-refractivity contribution in [3.8, 4) is 22.5 Å². The maximum atomic E-state index is 15.7. The van der Waals surface area contributed by atoms with Crippen LogP contribution in [0.3, 0.4) is 0 Å². The second kappa shape index (κ2) is 16.1. The van der Waals surface area contributed by atoms with Crippen LogP contribution in [0.2, 0.25) is 0 Å². The van der Waals surface area contributed by atoms with Gasteiger partial charge in [-0.2, -0.15) is 32.0 Å². The number of halogens is 8. The molecule has 0 spiro atoms. The van der Waals surface area contributed by atoms with Gasteiger partial charge in [-0.1, -0.05) is 29.6 Å². The number of H-pyrrole nitrogens is 1. The second-order valence-corrected chi connectivity index (χ2v) is 17.2. The van der Waals surface area contributed by atoms with E-state index < -0.39 is 94.7 Å². The van der Waals surface area contributed by atoms with Gasteiger partial charge in [0.1, 0.15) is 35.5 Å². The summed E-state index contributed by atoms with van der Waals surface area (Å²) in [5.74, 6) is -10.9. The lowest BCUT2D eigenvalue weighted by Crippen LogP contribution is -2.46. The zero-order chi connectivity index (χ0) is 46.2. The number of piperazine rings is 1. The van der Waals surface area contributed by atoms with E-state index in [1.54, 1.807) is 18.5 Å². The highest BCUT2D eigenvalue weighted by atomic mass is 32.1. The van der Waals surface area contributed by atoms with E-state index in [0.29, 0.717) is 46.8 Å². The number of anilines is 2. The van der Waals surface area contributed by atoms with E-state index in [0.717, 1.165) is 41.4 Å². The first-order valence-corrected chi connectivity index (χ1v) is 21.3. The van der Waals surface area contributed by atoms with Crippen LogP contribution in [0, 0.1) is 23.4 Å². The number of aromatic amines is 1. The number of primary amides is 1. The quantitative estimate of drug-likeness (QED) is 0.0867. The van der Waals surface area contributed by atoms with Gasteiger partial charge in [0.05, 0.1) is 27.9 Å². The molecule has 0 unspecified atom stereocenters. The van der Waals surface area contributed by atoms with Crippen LogP contribution in [0.5, 0.6) is 0 Å². The van der Waals surface area contributed by atoms with Gasteiger partial charge in [-0.15, -0.1) is 0 Å². The van der Waals surface area contributed by atoms with Crippen LogP contribution in [0.15, 0.2) is 91.3 Å². The van der Waals surface area contributed by atoms with Crippen molar-refractivity contribution in [3.05, 3.63) is 142 Å². The molecule has 66 heavy (non-hydrogen) atoms. The lowest BCUT2D eigenvalue weighted by molar-refractivity contribution is -0.142. The van der Waals surface area contributed by atoms with E-state index in [1.165, 1.54) is 29.5 Å². The number of benzene rings is 3. The van der Waals surface area contributed by atoms with Crippen LogP contribution in [0.1, 0.15) is 50.5 Å². The molecular weight excluding hydrogens is 897 g/mol. The highest BCUT2D eigenvalue weighted by Crippen LogP contribution is 2.60. The van der Waals surface area contributed by atoms with Crippen molar-refractivity contribution in [2.75, 3.05) is 36.0 Å². The van der Waals surface area contributed by atoms with Crippen molar-refractivity contribution in [3.63, 3.8) is 0 Å². The van der Waals surface area contributed by atoms with E-state index in [-0.39, 0.29) is 28.0 Å². The fourth-order valence-electron chi connectivity index (χ4n) is 8.93. The number of nitrogens with zero attached hydrogens (tertiary/aromatic N) is 7. The molecule has 338 valence electrons. The minimum atomic E-state index is -5.12. The number of nitrogens with two attached hydrogens (primary N) is 1. The summed E-state index contributed by atoms with van der Waals surface area (Å²) in [6.07, 6.45) is 0.254. The first kappa shape index (κ1) is 42.8. The Hall–Kier alpha value is -7.16. The van der Waals surface area contributed by atoms with Gasteiger partial charge in [-0.05, 0) is 72.1 Å². The van der Waals surface area contributed by atoms with Crippen molar-refractivity contribution in [1.29, 1.82) is 0 Å². The Morgan fingerprint density at radius 3 is 2.27 bits per heavy atom. The number of hydrogen-bond acceptors (Lipinski definition) is 9. The summed E-state index contributed by atoms with van der Waals surface area (Å²) in [4.78, 5) is 47.7. The Kier molecular flexibility index (Phi) is 10.4. The highest BCUT2D eigenvalue weighted by molar-refractivity contribution is 7.22. The number of aromatic nitrogens is 6. The van der Waals surface area contributed by atoms with Gasteiger partial charge >= 0.3 is 6.18 Å². The number of rotatable bonds is 11. The molecule has 4 N–H and O–H groups in total. The minimum absolute atomic E-state index is 0.00328. The Morgan fingerprint density at radius 2 is 1.62 bits per heavy atom. The molecule has 4 aromatic heterocycles. The monoisotopic (exact) mass is 930 g/mol. The summed E-state index contributed by atoms with van der Waals surface area (Å²) < 4.78 is 119. The molecule has 0 saturated carbocycles. The van der Waals surface area contributed by atoms with Crippen LogP contribution in [0.25, 0.3) is 32.9 Å². The summed E-state index contributed by atoms with van der Waals surface area (Å²) >= 11 is 1.28. The van der Waals surface area contributed by atoms with E-state index in [1.807, 2.05) is 24.3 Å². The van der Waals surface area contributed by atoms with Crippen LogP contribution in [0.4, 0.5) is 45.9 Å². The summed E-state index contributed by atoms with van der Waals surface area (Å²) in [6.45, 7) is 1.29. The van der Waals surface area contributed by atoms with Crippen molar-refractivity contribution < 1.29 is 44.7 Å². The summed E-state index contributed by atoms with van der Waals surface area (Å²) in [5, 5.41) is 6.69. The molecule has 5 heterocycles. The van der Waals surface area contributed by atoms with Gasteiger partial charge in [0.25, 0.3) is 11.8 Å². The van der Waals surface area contributed by atoms with Gasteiger partial charge in [-0.3, -0.25) is 14.3 Å². The Balaban J connectivity index is 1.01. The molecule has 3 aliphatic rings. The number of carbonyl (C=O) groups is 2. The maximum Gasteiger partial charge on any atom is 0.435 e. The third-order valence-corrected chi connectivity index (χ3v) is 13.1. The number of imidazole rings is 1. The van der Waals surface area contributed by atoms with Crippen LogP contribution < -0.4 is 20.9 Å². The lowest BCUT2D eigenvalue weighted by Gasteiger charge is -2.36. The van der Waals surface area contributed by atoms with Crippen LogP contribution >= 0.6 is 11.3 Å². The number of allylic oxidation sites excluding steroid dienone is 2. The van der Waals surface area contributed by atoms with E-state index in [2.05, 4.69) is 30.2 Å². The smallest absolute Gasteiger partial charge is 0.368 e. The van der Waals surface area contributed by atoms with Crippen LogP contribution in [-0.2, 0) is 29.9 Å². The normalized spacial score (nSPS) is 18.0. The second-order valence-electron chi connectivity index (χ2n) is 16.2. The van der Waals surface area contributed by atoms with Gasteiger partial charge in [0, 0.05) is 72.9 Å². The van der Waals surface area contributed by atoms with E-state index >= 15 is 8.78 Å². The third kappa shape index (κ3) is 7.69. The first-order valence-electron chi connectivity index (χ1n) is 20.5. The molecule has 1 aliphatic heterocycles. The zero-order valence-corrected chi connectivity index (χ0v) is 34.9. The molecule has 10 rings (SSSR count). The Labute approximate surface area is 372 Å². The average molecular weight is 931 g/mol. The molecule has 0 radical (unpaired) electrons. The zero-order valence-electron chi connectivity index (χ0n) is 34.1. The summed E-state index contributed by atoms with van der Waals surface area (Å²) in [7, 11) is 0. The number of pyridine rings is 1. The lowest BCUT2D eigenvalue weighted by atomic mass is 9.81. The summed E-state index contributed by atoms with van der Waals surface area (Å²) in [5.41, 5.74) is 4.22. The Bertz CT molecular complexity index is 3050. The number of alkyl halides is 5. The molecule has 3 atom stereocenters. The molecule has 3 aromatic carbocycles. The molecule has 1 fully saturated rings. The molecule has 1 saturated heterocycles. The first-order chi connectivity index (χ1) is 31.5. The predicted molar refractivity (Wildman–Crippen MR) is 227 cm³/mol. The molecule has 7 aromatic rings. The largest absolute Gasteiger partial charge is 0.435 e. The van der Waals surface area contributed by atoms with Crippen molar-refractivity contribution >= 4 is 44.3 Å². The maximum absolute atomic E-state index is 15.7. The average Bonchev–Trinajstić information content (AvgIpc) is 4.04. The number of fused-ring (bicyclic) bond motifs is 4. The van der Waals surface area contributed by atoms with Gasteiger partial charge in [0.15, 0.2) is 16.5 Å². The van der Waals surface area contributed by atoms with Gasteiger partial charge in [-0.25, -0.2) is 23.1 Å². The fraction of sp³-hybridized carbons (Fsp3) is 0.244. The number of thiazole rings is 1. The highest BCUT2D eigenvalue weighted by Gasteiger charge is 2.61. The molecule has 2 amide bonds. The molecule has 0 bridgehead atoms. The third-order valence-electron chi connectivity index (χ3n) is 12.1. The van der Waals surface area contributed by atoms with E-state index in [4.69, 9.17) is 15.7 Å². The van der Waals surface area contributed by atoms with Gasteiger partial charge < -0.3 is 25.8 Å².